The number of nitrogens with one attached hydrogen (secondary N) is 1. The number of carbonyl (C=O) groups is 1. The van der Waals surface area contributed by atoms with Gasteiger partial charge in [0.1, 0.15) is 0 Å². The minimum atomic E-state index is -4.48. The van der Waals surface area contributed by atoms with E-state index in [-0.39, 0.29) is 11.2 Å². The van der Waals surface area contributed by atoms with Crippen LogP contribution in [-0.2, 0) is 12.7 Å². The van der Waals surface area contributed by atoms with Crippen molar-refractivity contribution in [1.82, 2.24) is 14.5 Å². The molecule has 1 aliphatic rings. The Kier molecular flexibility index (Phi) is 5.77. The highest BCUT2D eigenvalue weighted by Gasteiger charge is 2.31. The van der Waals surface area contributed by atoms with Gasteiger partial charge in [-0.25, -0.2) is 9.78 Å². The molecule has 2 aromatic carbocycles. The number of nitrogens with zero attached hydrogens (tertiary/aromatic N) is 4. The Balaban J connectivity index is 1.46. The second kappa shape index (κ2) is 8.52. The van der Waals surface area contributed by atoms with Crippen molar-refractivity contribution < 1.29 is 18.0 Å². The van der Waals surface area contributed by atoms with Crippen molar-refractivity contribution >= 4 is 28.6 Å². The maximum absolute atomic E-state index is 13.0. The summed E-state index contributed by atoms with van der Waals surface area (Å²) in [5, 5.41) is 2.52. The Morgan fingerprint density at radius 1 is 1.06 bits per heavy atom. The average Bonchev–Trinajstić information content (AvgIpc) is 2.78. The van der Waals surface area contributed by atoms with Gasteiger partial charge in [-0.05, 0) is 37.3 Å². The Labute approximate surface area is 182 Å². The first-order valence-electron chi connectivity index (χ1n) is 10.3. The number of carbonyl (C=O) groups excluding carboxylic acids is 1. The molecule has 1 fully saturated rings. The van der Waals surface area contributed by atoms with Crippen LogP contribution in [0.4, 0.5) is 29.5 Å². The fourth-order valence-electron chi connectivity index (χ4n) is 3.80. The summed E-state index contributed by atoms with van der Waals surface area (Å²) in [7, 11) is 0. The fraction of sp³-hybridized carbons (Fsp3) is 0.318. The third-order valence-corrected chi connectivity index (χ3v) is 5.46. The monoisotopic (exact) mass is 445 g/mol. The van der Waals surface area contributed by atoms with Crippen molar-refractivity contribution in [3.05, 3.63) is 64.4 Å². The lowest BCUT2D eigenvalue weighted by molar-refractivity contribution is -0.137. The number of piperazine rings is 1. The van der Waals surface area contributed by atoms with Gasteiger partial charge >= 0.3 is 12.2 Å². The molecular formula is C22H22F3N5O2. The van der Waals surface area contributed by atoms with Crippen molar-refractivity contribution in [2.45, 2.75) is 19.6 Å². The molecular weight excluding hydrogens is 423 g/mol. The van der Waals surface area contributed by atoms with E-state index in [9.17, 15) is 22.8 Å². The number of hydrogen-bond donors (Lipinski definition) is 1. The molecule has 1 aliphatic heterocycles. The van der Waals surface area contributed by atoms with Crippen molar-refractivity contribution in [2.24, 2.45) is 0 Å². The highest BCUT2D eigenvalue weighted by Crippen LogP contribution is 2.30. The molecule has 2 amide bonds. The van der Waals surface area contributed by atoms with E-state index in [0.29, 0.717) is 44.1 Å². The van der Waals surface area contributed by atoms with Crippen LogP contribution in [0.25, 0.3) is 11.0 Å². The highest BCUT2D eigenvalue weighted by molar-refractivity contribution is 5.89. The lowest BCUT2D eigenvalue weighted by Gasteiger charge is -2.35. The molecule has 0 unspecified atom stereocenters. The van der Waals surface area contributed by atoms with E-state index in [1.165, 1.54) is 17.0 Å². The Hall–Kier alpha value is -3.56. The largest absolute Gasteiger partial charge is 0.416 e. The van der Waals surface area contributed by atoms with Crippen LogP contribution in [0.1, 0.15) is 12.5 Å². The van der Waals surface area contributed by atoms with E-state index in [1.807, 2.05) is 36.1 Å². The number of aryl methyl sites for hydroxylation is 1. The smallest absolute Gasteiger partial charge is 0.348 e. The zero-order valence-electron chi connectivity index (χ0n) is 17.4. The van der Waals surface area contributed by atoms with Crippen LogP contribution in [0.3, 0.4) is 0 Å². The third-order valence-electron chi connectivity index (χ3n) is 5.46. The van der Waals surface area contributed by atoms with E-state index >= 15 is 0 Å². The average molecular weight is 445 g/mol. The van der Waals surface area contributed by atoms with Gasteiger partial charge in [0.2, 0.25) is 0 Å². The number of alkyl halides is 3. The van der Waals surface area contributed by atoms with Crippen molar-refractivity contribution in [2.75, 3.05) is 36.4 Å². The minimum absolute atomic E-state index is 0.0780. The van der Waals surface area contributed by atoms with Gasteiger partial charge in [0.15, 0.2) is 5.82 Å². The van der Waals surface area contributed by atoms with E-state index in [2.05, 4.69) is 10.3 Å². The number of rotatable bonds is 3. The van der Waals surface area contributed by atoms with Gasteiger partial charge in [0.25, 0.3) is 5.56 Å². The second-order valence-electron chi connectivity index (χ2n) is 7.46. The van der Waals surface area contributed by atoms with E-state index in [1.54, 1.807) is 4.57 Å². The maximum Gasteiger partial charge on any atom is 0.416 e. The predicted molar refractivity (Wildman–Crippen MR) is 116 cm³/mol. The summed E-state index contributed by atoms with van der Waals surface area (Å²) in [6, 6.07) is 11.5. The number of benzene rings is 2. The molecule has 1 saturated heterocycles. The molecule has 4 rings (SSSR count). The lowest BCUT2D eigenvalue weighted by atomic mass is 10.2. The number of para-hydroxylation sites is 2. The van der Waals surface area contributed by atoms with E-state index in [4.69, 9.17) is 0 Å². The summed E-state index contributed by atoms with van der Waals surface area (Å²) >= 11 is 0. The molecule has 0 saturated carbocycles. The SMILES string of the molecule is CCn1c(=O)c(N2CCN(C(=O)Nc3cccc(C(F)(F)F)c3)CC2)nc2ccccc21. The molecule has 0 spiro atoms. The number of fused-ring (bicyclic) bond motifs is 1. The zero-order valence-corrected chi connectivity index (χ0v) is 17.4. The molecule has 7 nitrogen and oxygen atoms in total. The fourth-order valence-corrected chi connectivity index (χ4v) is 3.80. The zero-order chi connectivity index (χ0) is 22.9. The van der Waals surface area contributed by atoms with Gasteiger partial charge in [0.05, 0.1) is 16.6 Å². The number of halogens is 3. The third kappa shape index (κ3) is 4.25. The molecule has 32 heavy (non-hydrogen) atoms. The predicted octanol–water partition coefficient (Wildman–Crippen LogP) is 3.79. The summed E-state index contributed by atoms with van der Waals surface area (Å²) in [6.45, 7) is 3.80. The first kappa shape index (κ1) is 21.7. The van der Waals surface area contributed by atoms with Gasteiger partial charge in [-0.3, -0.25) is 4.79 Å². The molecule has 1 aromatic heterocycles. The quantitative estimate of drug-likeness (QED) is 0.666. The topological polar surface area (TPSA) is 70.5 Å². The van der Waals surface area contributed by atoms with Crippen molar-refractivity contribution in [3.63, 3.8) is 0 Å². The second-order valence-corrected chi connectivity index (χ2v) is 7.46. The number of anilines is 2. The Morgan fingerprint density at radius 2 is 1.78 bits per heavy atom. The number of hydrogen-bond acceptors (Lipinski definition) is 4. The van der Waals surface area contributed by atoms with Crippen molar-refractivity contribution in [1.29, 1.82) is 0 Å². The van der Waals surface area contributed by atoms with Gasteiger partial charge < -0.3 is 19.7 Å². The molecule has 0 bridgehead atoms. The summed E-state index contributed by atoms with van der Waals surface area (Å²) in [6.07, 6.45) is -4.48. The number of aromatic nitrogens is 2. The van der Waals surface area contributed by atoms with E-state index in [0.717, 1.165) is 17.6 Å². The van der Waals surface area contributed by atoms with E-state index < -0.39 is 17.8 Å². The van der Waals surface area contributed by atoms with Crippen LogP contribution in [0, 0.1) is 0 Å². The van der Waals surface area contributed by atoms with Crippen LogP contribution in [-0.4, -0.2) is 46.7 Å². The first-order valence-corrected chi connectivity index (χ1v) is 10.3. The van der Waals surface area contributed by atoms with Crippen LogP contribution < -0.4 is 15.8 Å². The lowest BCUT2D eigenvalue weighted by Crippen LogP contribution is -2.51. The van der Waals surface area contributed by atoms with Gasteiger partial charge in [-0.15, -0.1) is 0 Å². The summed E-state index contributed by atoms with van der Waals surface area (Å²) in [5.74, 6) is 0.337. The van der Waals surface area contributed by atoms with Crippen LogP contribution >= 0.6 is 0 Å². The van der Waals surface area contributed by atoms with Crippen LogP contribution in [0.15, 0.2) is 53.3 Å². The Morgan fingerprint density at radius 3 is 2.47 bits per heavy atom. The highest BCUT2D eigenvalue weighted by atomic mass is 19.4. The molecule has 3 aromatic rings. The maximum atomic E-state index is 13.0. The summed E-state index contributed by atoms with van der Waals surface area (Å²) < 4.78 is 40.3. The number of amides is 2. The molecule has 2 heterocycles. The summed E-state index contributed by atoms with van der Waals surface area (Å²) in [4.78, 5) is 33.4. The van der Waals surface area contributed by atoms with Gasteiger partial charge in [0, 0.05) is 38.4 Å². The molecule has 0 aliphatic carbocycles. The standard InChI is InChI=1S/C22H22F3N5O2/c1-2-30-18-9-4-3-8-17(18)27-19(20(30)31)28-10-12-29(13-11-28)21(32)26-16-7-5-6-15(14-16)22(23,24)25/h3-9,14H,2,10-13H2,1H3,(H,26,32). The molecule has 0 radical (unpaired) electrons. The molecule has 0 atom stereocenters. The van der Waals surface area contributed by atoms with Crippen molar-refractivity contribution in [3.8, 4) is 0 Å². The van der Waals surface area contributed by atoms with Gasteiger partial charge in [-0.1, -0.05) is 18.2 Å². The normalized spacial score (nSPS) is 14.6. The summed E-state index contributed by atoms with van der Waals surface area (Å²) in [5.41, 5.74) is 0.550. The van der Waals surface area contributed by atoms with Crippen LogP contribution in [0.5, 0.6) is 0 Å². The Bertz CT molecular complexity index is 1200. The minimum Gasteiger partial charge on any atom is -0.348 e. The van der Waals surface area contributed by atoms with Gasteiger partial charge in [-0.2, -0.15) is 13.2 Å². The molecule has 168 valence electrons. The molecule has 1 N–H and O–H groups in total. The molecule has 10 heteroatoms. The number of urea groups is 1. The first-order chi connectivity index (χ1) is 15.3. The van der Waals surface area contributed by atoms with Crippen LogP contribution in [0.2, 0.25) is 0 Å².